The van der Waals surface area contributed by atoms with Crippen molar-refractivity contribution in [3.8, 4) is 0 Å². The molecule has 0 aliphatic rings. The molecule has 4 nitrogen and oxygen atoms in total. The summed E-state index contributed by atoms with van der Waals surface area (Å²) in [5.41, 5.74) is 7.72. The Morgan fingerprint density at radius 1 is 1.44 bits per heavy atom. The fraction of sp³-hybridized carbons (Fsp3) is 0.231. The van der Waals surface area contributed by atoms with E-state index >= 15 is 0 Å². The Kier molecular flexibility index (Phi) is 3.74. The van der Waals surface area contributed by atoms with Crippen molar-refractivity contribution in [2.45, 2.75) is 19.4 Å². The first-order chi connectivity index (χ1) is 8.58. The van der Waals surface area contributed by atoms with E-state index in [0.29, 0.717) is 17.1 Å². The fourth-order valence-electron chi connectivity index (χ4n) is 1.73. The van der Waals surface area contributed by atoms with Crippen molar-refractivity contribution >= 4 is 17.3 Å². The SMILES string of the molecule is Cc1nc(C(N)Cc2ccccc2)sc1C(=O)O. The summed E-state index contributed by atoms with van der Waals surface area (Å²) in [5.74, 6) is -0.942. The normalized spacial score (nSPS) is 12.3. The minimum absolute atomic E-state index is 0.260. The number of nitrogens with two attached hydrogens (primary N) is 1. The van der Waals surface area contributed by atoms with E-state index in [1.54, 1.807) is 6.92 Å². The molecule has 2 rings (SSSR count). The molecule has 2 aromatic rings. The number of hydrogen-bond acceptors (Lipinski definition) is 4. The molecule has 1 unspecified atom stereocenters. The lowest BCUT2D eigenvalue weighted by Crippen LogP contribution is -2.12. The van der Waals surface area contributed by atoms with E-state index in [4.69, 9.17) is 10.8 Å². The highest BCUT2D eigenvalue weighted by Crippen LogP contribution is 2.24. The van der Waals surface area contributed by atoms with E-state index < -0.39 is 5.97 Å². The number of hydrogen-bond donors (Lipinski definition) is 2. The lowest BCUT2D eigenvalue weighted by Gasteiger charge is -2.07. The summed E-state index contributed by atoms with van der Waals surface area (Å²) in [6, 6.07) is 9.60. The zero-order chi connectivity index (χ0) is 13.1. The van der Waals surface area contributed by atoms with E-state index in [2.05, 4.69) is 4.98 Å². The van der Waals surface area contributed by atoms with Gasteiger partial charge in [-0.1, -0.05) is 30.3 Å². The van der Waals surface area contributed by atoms with Gasteiger partial charge in [-0.15, -0.1) is 11.3 Å². The summed E-state index contributed by atoms with van der Waals surface area (Å²) in [7, 11) is 0. The van der Waals surface area contributed by atoms with Crippen molar-refractivity contribution in [2.24, 2.45) is 5.73 Å². The van der Waals surface area contributed by atoms with Crippen molar-refractivity contribution in [3.63, 3.8) is 0 Å². The number of carboxylic acids is 1. The second kappa shape index (κ2) is 5.29. The summed E-state index contributed by atoms with van der Waals surface area (Å²) in [6.45, 7) is 1.69. The van der Waals surface area contributed by atoms with Crippen LogP contribution in [0.5, 0.6) is 0 Å². The quantitative estimate of drug-likeness (QED) is 0.887. The van der Waals surface area contributed by atoms with Crippen LogP contribution in [-0.2, 0) is 6.42 Å². The number of nitrogens with zero attached hydrogens (tertiary/aromatic N) is 1. The maximum Gasteiger partial charge on any atom is 0.347 e. The molecule has 18 heavy (non-hydrogen) atoms. The van der Waals surface area contributed by atoms with Crippen molar-refractivity contribution in [2.75, 3.05) is 0 Å². The van der Waals surface area contributed by atoms with Gasteiger partial charge in [0.05, 0.1) is 11.7 Å². The third-order valence-electron chi connectivity index (χ3n) is 2.62. The van der Waals surface area contributed by atoms with Crippen LogP contribution >= 0.6 is 11.3 Å². The predicted molar refractivity (Wildman–Crippen MR) is 70.9 cm³/mol. The molecule has 0 aliphatic heterocycles. The molecule has 0 saturated carbocycles. The molecule has 1 aromatic carbocycles. The third kappa shape index (κ3) is 2.75. The number of aromatic nitrogens is 1. The molecule has 1 heterocycles. The van der Waals surface area contributed by atoms with Crippen molar-refractivity contribution in [1.29, 1.82) is 0 Å². The first-order valence-corrected chi connectivity index (χ1v) is 6.39. The average molecular weight is 262 g/mol. The van der Waals surface area contributed by atoms with E-state index in [-0.39, 0.29) is 10.9 Å². The zero-order valence-corrected chi connectivity index (χ0v) is 10.8. The Labute approximate surface area is 109 Å². The molecule has 0 radical (unpaired) electrons. The Balaban J connectivity index is 2.17. The second-order valence-electron chi connectivity index (χ2n) is 4.07. The van der Waals surface area contributed by atoms with Gasteiger partial charge in [0, 0.05) is 0 Å². The molecule has 0 saturated heterocycles. The first kappa shape index (κ1) is 12.7. The smallest absolute Gasteiger partial charge is 0.347 e. The number of thiazole rings is 1. The lowest BCUT2D eigenvalue weighted by atomic mass is 10.1. The van der Waals surface area contributed by atoms with Gasteiger partial charge in [-0.3, -0.25) is 0 Å². The topological polar surface area (TPSA) is 76.2 Å². The largest absolute Gasteiger partial charge is 0.477 e. The van der Waals surface area contributed by atoms with Gasteiger partial charge in [-0.25, -0.2) is 9.78 Å². The molecule has 0 spiro atoms. The fourth-order valence-corrected chi connectivity index (χ4v) is 2.64. The number of aryl methyl sites for hydroxylation is 1. The lowest BCUT2D eigenvalue weighted by molar-refractivity contribution is 0.0701. The molecule has 94 valence electrons. The van der Waals surface area contributed by atoms with Crippen LogP contribution in [0.3, 0.4) is 0 Å². The monoisotopic (exact) mass is 262 g/mol. The van der Waals surface area contributed by atoms with Crippen LogP contribution < -0.4 is 5.73 Å². The maximum atomic E-state index is 10.9. The van der Waals surface area contributed by atoms with Crippen molar-refractivity contribution < 1.29 is 9.90 Å². The third-order valence-corrected chi connectivity index (χ3v) is 3.90. The van der Waals surface area contributed by atoms with Gasteiger partial charge in [0.1, 0.15) is 9.88 Å². The number of aromatic carboxylic acids is 1. The van der Waals surface area contributed by atoms with Crippen LogP contribution in [0.25, 0.3) is 0 Å². The van der Waals surface area contributed by atoms with Crippen molar-refractivity contribution in [3.05, 3.63) is 51.5 Å². The summed E-state index contributed by atoms with van der Waals surface area (Å²) in [6.07, 6.45) is 0.660. The molecular weight excluding hydrogens is 248 g/mol. The van der Waals surface area contributed by atoms with E-state index in [9.17, 15) is 4.79 Å². The Morgan fingerprint density at radius 2 is 2.11 bits per heavy atom. The highest BCUT2D eigenvalue weighted by molar-refractivity contribution is 7.13. The van der Waals surface area contributed by atoms with Gasteiger partial charge in [0.25, 0.3) is 0 Å². The molecule has 5 heteroatoms. The van der Waals surface area contributed by atoms with Crippen LogP contribution in [0.15, 0.2) is 30.3 Å². The molecule has 0 amide bonds. The summed E-state index contributed by atoms with van der Waals surface area (Å²) in [5, 5.41) is 9.65. The van der Waals surface area contributed by atoms with Gasteiger partial charge in [0.2, 0.25) is 0 Å². The first-order valence-electron chi connectivity index (χ1n) is 5.58. The van der Waals surface area contributed by atoms with Crippen LogP contribution in [0, 0.1) is 6.92 Å². The Morgan fingerprint density at radius 3 is 2.67 bits per heavy atom. The number of rotatable bonds is 4. The number of benzene rings is 1. The Bertz CT molecular complexity index is 551. The number of carbonyl (C=O) groups is 1. The second-order valence-corrected chi connectivity index (χ2v) is 5.10. The van der Waals surface area contributed by atoms with Crippen LogP contribution in [0.2, 0.25) is 0 Å². The predicted octanol–water partition coefficient (Wildman–Crippen LogP) is 2.39. The van der Waals surface area contributed by atoms with Gasteiger partial charge in [0.15, 0.2) is 0 Å². The molecule has 0 bridgehead atoms. The van der Waals surface area contributed by atoms with Gasteiger partial charge in [-0.05, 0) is 18.9 Å². The molecule has 1 atom stereocenters. The summed E-state index contributed by atoms with van der Waals surface area (Å²) in [4.78, 5) is 15.5. The molecule has 3 N–H and O–H groups in total. The van der Waals surface area contributed by atoms with E-state index in [1.165, 1.54) is 0 Å². The summed E-state index contributed by atoms with van der Waals surface area (Å²) >= 11 is 1.16. The molecule has 0 fully saturated rings. The van der Waals surface area contributed by atoms with Gasteiger partial charge >= 0.3 is 5.97 Å². The molecular formula is C13H14N2O2S. The molecule has 0 aliphatic carbocycles. The van der Waals surface area contributed by atoms with E-state index in [1.807, 2.05) is 30.3 Å². The van der Waals surface area contributed by atoms with Gasteiger partial charge in [-0.2, -0.15) is 0 Å². The van der Waals surface area contributed by atoms with Crippen LogP contribution in [0.4, 0.5) is 0 Å². The summed E-state index contributed by atoms with van der Waals surface area (Å²) < 4.78 is 0. The van der Waals surface area contributed by atoms with Crippen molar-refractivity contribution in [1.82, 2.24) is 4.98 Å². The minimum Gasteiger partial charge on any atom is -0.477 e. The van der Waals surface area contributed by atoms with Gasteiger partial charge < -0.3 is 10.8 Å². The van der Waals surface area contributed by atoms with Crippen LogP contribution in [0.1, 0.15) is 32.0 Å². The highest BCUT2D eigenvalue weighted by Gasteiger charge is 2.18. The Hall–Kier alpha value is -1.72. The van der Waals surface area contributed by atoms with Crippen LogP contribution in [-0.4, -0.2) is 16.1 Å². The highest BCUT2D eigenvalue weighted by atomic mass is 32.1. The maximum absolute atomic E-state index is 10.9. The average Bonchev–Trinajstić information content (AvgIpc) is 2.73. The number of carboxylic acid groups (broad SMARTS) is 1. The van der Waals surface area contributed by atoms with E-state index in [0.717, 1.165) is 16.9 Å². The zero-order valence-electron chi connectivity index (χ0n) is 9.96. The standard InChI is InChI=1S/C13H14N2O2S/c1-8-11(13(16)17)18-12(15-8)10(14)7-9-5-3-2-4-6-9/h2-6,10H,7,14H2,1H3,(H,16,17). The minimum atomic E-state index is -0.942. The molecule has 1 aromatic heterocycles.